The molecule has 31 heavy (non-hydrogen) atoms. The summed E-state index contributed by atoms with van der Waals surface area (Å²) in [5.41, 5.74) is 2.75. The van der Waals surface area contributed by atoms with Crippen LogP contribution in [0.1, 0.15) is 29.0 Å². The maximum absolute atomic E-state index is 12.2. The van der Waals surface area contributed by atoms with Crippen LogP contribution in [0.5, 0.6) is 5.75 Å². The van der Waals surface area contributed by atoms with Gasteiger partial charge in [0.15, 0.2) is 11.7 Å². The molecule has 2 aromatic heterocycles. The number of nitrogens with zero attached hydrogens (tertiary/aromatic N) is 1. The zero-order valence-electron chi connectivity index (χ0n) is 17.2. The Kier molecular flexibility index (Phi) is 5.58. The van der Waals surface area contributed by atoms with Crippen molar-refractivity contribution in [2.24, 2.45) is 0 Å². The summed E-state index contributed by atoms with van der Waals surface area (Å²) in [6, 6.07) is 12.3. The van der Waals surface area contributed by atoms with Gasteiger partial charge < -0.3 is 18.7 Å². The van der Waals surface area contributed by atoms with Crippen LogP contribution in [0.15, 0.2) is 62.3 Å². The summed E-state index contributed by atoms with van der Waals surface area (Å²) in [5.74, 6) is 0.682. The Labute approximate surface area is 177 Å². The molecule has 0 radical (unpaired) electrons. The van der Waals surface area contributed by atoms with Gasteiger partial charge in [-0.1, -0.05) is 29.8 Å². The van der Waals surface area contributed by atoms with Crippen molar-refractivity contribution in [2.45, 2.75) is 33.3 Å². The predicted molar refractivity (Wildman–Crippen MR) is 114 cm³/mol. The maximum atomic E-state index is 12.2. The second-order valence-electron chi connectivity index (χ2n) is 7.32. The summed E-state index contributed by atoms with van der Waals surface area (Å²) in [4.78, 5) is 28.3. The SMILES string of the molecule is Cc1ccc(-c2cnc(CCC(=O)OCc3cc(=O)oc4c(C)c(O)ccc34)o2)cc1. The molecule has 0 saturated heterocycles. The molecular formula is C24H21NO6. The van der Waals surface area contributed by atoms with E-state index in [9.17, 15) is 14.7 Å². The number of carbonyl (C=O) groups is 1. The fourth-order valence-corrected chi connectivity index (χ4v) is 3.25. The first-order valence-corrected chi connectivity index (χ1v) is 9.83. The summed E-state index contributed by atoms with van der Waals surface area (Å²) in [5, 5.41) is 10.4. The zero-order valence-corrected chi connectivity index (χ0v) is 17.2. The predicted octanol–water partition coefficient (Wildman–Crippen LogP) is 4.45. The van der Waals surface area contributed by atoms with E-state index in [1.165, 1.54) is 12.1 Å². The number of phenols is 1. The van der Waals surface area contributed by atoms with E-state index in [0.29, 0.717) is 34.6 Å². The number of esters is 1. The average molecular weight is 419 g/mol. The molecule has 4 aromatic rings. The Hall–Kier alpha value is -3.87. The van der Waals surface area contributed by atoms with Gasteiger partial charge in [-0.2, -0.15) is 0 Å². The molecule has 2 aromatic carbocycles. The van der Waals surface area contributed by atoms with E-state index in [1.807, 2.05) is 31.2 Å². The first-order valence-electron chi connectivity index (χ1n) is 9.83. The molecule has 0 spiro atoms. The fourth-order valence-electron chi connectivity index (χ4n) is 3.25. The van der Waals surface area contributed by atoms with Crippen LogP contribution in [0.4, 0.5) is 0 Å². The minimum Gasteiger partial charge on any atom is -0.508 e. The standard InChI is InChI=1S/C24H21NO6/c1-14-3-5-16(6-4-14)20-12-25-21(30-20)9-10-22(27)29-13-17-11-23(28)31-24-15(2)19(26)8-7-18(17)24/h3-8,11-12,26H,9-10,13H2,1-2H3. The van der Waals surface area contributed by atoms with Gasteiger partial charge in [-0.25, -0.2) is 9.78 Å². The van der Waals surface area contributed by atoms with E-state index in [2.05, 4.69) is 4.98 Å². The first kappa shape index (κ1) is 20.4. The molecular weight excluding hydrogens is 398 g/mol. The molecule has 0 saturated carbocycles. The van der Waals surface area contributed by atoms with Gasteiger partial charge in [0.05, 0.1) is 12.6 Å². The van der Waals surface area contributed by atoms with E-state index < -0.39 is 11.6 Å². The van der Waals surface area contributed by atoms with Gasteiger partial charge in [-0.05, 0) is 26.0 Å². The van der Waals surface area contributed by atoms with E-state index >= 15 is 0 Å². The molecule has 0 unspecified atom stereocenters. The summed E-state index contributed by atoms with van der Waals surface area (Å²) < 4.78 is 16.3. The van der Waals surface area contributed by atoms with Gasteiger partial charge in [0.25, 0.3) is 0 Å². The third-order valence-corrected chi connectivity index (χ3v) is 5.04. The highest BCUT2D eigenvalue weighted by molar-refractivity contribution is 5.85. The smallest absolute Gasteiger partial charge is 0.336 e. The average Bonchev–Trinajstić information content (AvgIpc) is 3.23. The van der Waals surface area contributed by atoms with E-state index in [4.69, 9.17) is 13.6 Å². The highest BCUT2D eigenvalue weighted by Gasteiger charge is 2.14. The molecule has 0 aliphatic heterocycles. The maximum Gasteiger partial charge on any atom is 0.336 e. The van der Waals surface area contributed by atoms with Gasteiger partial charge in [-0.3, -0.25) is 4.79 Å². The number of hydrogen-bond donors (Lipinski definition) is 1. The van der Waals surface area contributed by atoms with Crippen molar-refractivity contribution >= 4 is 16.9 Å². The van der Waals surface area contributed by atoms with Crippen molar-refractivity contribution in [1.29, 1.82) is 0 Å². The fraction of sp³-hybridized carbons (Fsp3) is 0.208. The third kappa shape index (κ3) is 4.50. The van der Waals surface area contributed by atoms with Crippen molar-refractivity contribution in [1.82, 2.24) is 4.98 Å². The van der Waals surface area contributed by atoms with Gasteiger partial charge in [0.2, 0.25) is 0 Å². The first-order chi connectivity index (χ1) is 14.9. The van der Waals surface area contributed by atoms with E-state index in [0.717, 1.165) is 11.1 Å². The monoisotopic (exact) mass is 419 g/mol. The molecule has 2 heterocycles. The highest BCUT2D eigenvalue weighted by Crippen LogP contribution is 2.27. The second-order valence-corrected chi connectivity index (χ2v) is 7.32. The molecule has 0 bridgehead atoms. The van der Waals surface area contributed by atoms with Gasteiger partial charge >= 0.3 is 11.6 Å². The van der Waals surface area contributed by atoms with Crippen LogP contribution in [0, 0.1) is 13.8 Å². The zero-order chi connectivity index (χ0) is 22.0. The molecule has 7 nitrogen and oxygen atoms in total. The molecule has 0 aliphatic carbocycles. The Morgan fingerprint density at radius 3 is 2.65 bits per heavy atom. The molecule has 0 aliphatic rings. The van der Waals surface area contributed by atoms with Crippen LogP contribution in [-0.2, 0) is 22.6 Å². The molecule has 1 N–H and O–H groups in total. The molecule has 158 valence electrons. The van der Waals surface area contributed by atoms with Crippen LogP contribution < -0.4 is 5.63 Å². The number of benzene rings is 2. The Bertz CT molecular complexity index is 1300. The number of carbonyl (C=O) groups excluding carboxylic acids is 1. The van der Waals surface area contributed by atoms with Crippen molar-refractivity contribution in [3.63, 3.8) is 0 Å². The van der Waals surface area contributed by atoms with Crippen LogP contribution in [0.3, 0.4) is 0 Å². The van der Waals surface area contributed by atoms with Gasteiger partial charge in [0.1, 0.15) is 17.9 Å². The molecule has 0 fully saturated rings. The molecule has 4 rings (SSSR count). The second kappa shape index (κ2) is 8.47. The van der Waals surface area contributed by atoms with Crippen LogP contribution >= 0.6 is 0 Å². The largest absolute Gasteiger partial charge is 0.508 e. The normalized spacial score (nSPS) is 11.0. The van der Waals surface area contributed by atoms with Crippen molar-refractivity contribution in [2.75, 3.05) is 0 Å². The van der Waals surface area contributed by atoms with Crippen LogP contribution in [-0.4, -0.2) is 16.1 Å². The van der Waals surface area contributed by atoms with E-state index in [-0.39, 0.29) is 24.4 Å². The summed E-state index contributed by atoms with van der Waals surface area (Å²) in [7, 11) is 0. The van der Waals surface area contributed by atoms with Gasteiger partial charge in [-0.15, -0.1) is 0 Å². The summed E-state index contributed by atoms with van der Waals surface area (Å²) in [6.07, 6.45) is 2.03. The lowest BCUT2D eigenvalue weighted by molar-refractivity contribution is -0.144. The Morgan fingerprint density at radius 2 is 1.87 bits per heavy atom. The number of ether oxygens (including phenoxy) is 1. The lowest BCUT2D eigenvalue weighted by Crippen LogP contribution is -2.08. The number of oxazole rings is 1. The van der Waals surface area contributed by atoms with Gasteiger partial charge in [0, 0.05) is 34.6 Å². The number of fused-ring (bicyclic) bond motifs is 1. The number of aromatic nitrogens is 1. The lowest BCUT2D eigenvalue weighted by Gasteiger charge is -2.09. The summed E-state index contributed by atoms with van der Waals surface area (Å²) >= 11 is 0. The number of rotatable bonds is 6. The molecule has 0 amide bonds. The highest BCUT2D eigenvalue weighted by atomic mass is 16.5. The Morgan fingerprint density at radius 1 is 1.10 bits per heavy atom. The Balaban J connectivity index is 1.39. The molecule has 0 atom stereocenters. The van der Waals surface area contributed by atoms with Crippen molar-refractivity contribution in [3.05, 3.63) is 81.7 Å². The topological polar surface area (TPSA) is 103 Å². The number of aryl methyl sites for hydroxylation is 3. The van der Waals surface area contributed by atoms with Crippen LogP contribution in [0.2, 0.25) is 0 Å². The summed E-state index contributed by atoms with van der Waals surface area (Å²) in [6.45, 7) is 3.58. The quantitative estimate of drug-likeness (QED) is 0.364. The number of aromatic hydroxyl groups is 1. The third-order valence-electron chi connectivity index (χ3n) is 5.04. The van der Waals surface area contributed by atoms with E-state index in [1.54, 1.807) is 19.2 Å². The lowest BCUT2D eigenvalue weighted by atomic mass is 10.1. The van der Waals surface area contributed by atoms with Crippen LogP contribution in [0.25, 0.3) is 22.3 Å². The van der Waals surface area contributed by atoms with Crippen molar-refractivity contribution < 1.29 is 23.5 Å². The van der Waals surface area contributed by atoms with Crippen molar-refractivity contribution in [3.8, 4) is 17.1 Å². The molecule has 7 heteroatoms. The minimum atomic E-state index is -0.573. The number of phenolic OH excluding ortho intramolecular Hbond substituents is 1. The number of hydrogen-bond acceptors (Lipinski definition) is 7. The minimum absolute atomic E-state index is 0.0285.